The molecule has 0 N–H and O–H groups in total. The van der Waals surface area contributed by atoms with E-state index < -0.39 is 0 Å². The first kappa shape index (κ1) is 31.7. The highest BCUT2D eigenvalue weighted by atomic mass is 16.3. The predicted molar refractivity (Wildman–Crippen MR) is 239 cm³/mol. The van der Waals surface area contributed by atoms with Gasteiger partial charge in [0.1, 0.15) is 11.2 Å². The summed E-state index contributed by atoms with van der Waals surface area (Å²) in [5.74, 6) is 0. The average Bonchev–Trinajstić information content (AvgIpc) is 3.94. The van der Waals surface area contributed by atoms with Gasteiger partial charge in [-0.15, -0.1) is 0 Å². The summed E-state index contributed by atoms with van der Waals surface area (Å²) in [6.45, 7) is 0. The fourth-order valence-corrected chi connectivity index (χ4v) is 9.16. The first-order chi connectivity index (χ1) is 28.3. The molecule has 3 heteroatoms. The van der Waals surface area contributed by atoms with Crippen LogP contribution in [0.1, 0.15) is 0 Å². The Hall–Kier alpha value is -7.62. The van der Waals surface area contributed by atoms with Gasteiger partial charge < -0.3 is 13.6 Å². The van der Waals surface area contributed by atoms with E-state index in [2.05, 4.69) is 209 Å². The molecule has 266 valence electrons. The van der Waals surface area contributed by atoms with Crippen molar-refractivity contribution in [3.05, 3.63) is 206 Å². The van der Waals surface area contributed by atoms with Gasteiger partial charge in [-0.05, 0) is 76.3 Å². The highest BCUT2D eigenvalue weighted by Crippen LogP contribution is 2.43. The molecule has 0 atom stereocenters. The number of benzene rings is 9. The molecule has 9 aromatic carbocycles. The molecule has 0 saturated carbocycles. The summed E-state index contributed by atoms with van der Waals surface area (Å²) < 4.78 is 11.5. The Morgan fingerprint density at radius 2 is 0.789 bits per heavy atom. The summed E-state index contributed by atoms with van der Waals surface area (Å²) in [7, 11) is 0. The largest absolute Gasteiger partial charge is 0.456 e. The van der Waals surface area contributed by atoms with Crippen molar-refractivity contribution in [2.24, 2.45) is 0 Å². The summed E-state index contributed by atoms with van der Waals surface area (Å²) in [4.78, 5) is 0. The van der Waals surface area contributed by atoms with E-state index in [0.717, 1.165) is 61.0 Å². The maximum atomic E-state index is 6.60. The zero-order chi connectivity index (χ0) is 37.5. The van der Waals surface area contributed by atoms with Crippen LogP contribution in [0.2, 0.25) is 0 Å². The standard InChI is InChI=1S/C54H34N2O/c1-3-15-35(16-4-1)39-33-51(54-45-22-10-14-26-52(45)57-53(54)34-39)56-48-25-13-9-21-42(48)44-30-28-38(32-50(44)56)37-27-29-43-41-20-8-12-24-47(41)55(49(43)31-37)46-23-11-7-19-40(46)36-17-5-2-6-18-36/h1-34H. The lowest BCUT2D eigenvalue weighted by Crippen LogP contribution is -1.97. The molecule has 0 amide bonds. The Morgan fingerprint density at radius 1 is 0.281 bits per heavy atom. The minimum atomic E-state index is 0.878. The maximum Gasteiger partial charge on any atom is 0.138 e. The maximum absolute atomic E-state index is 6.60. The van der Waals surface area contributed by atoms with Crippen LogP contribution in [0.25, 0.3) is 110 Å². The van der Waals surface area contributed by atoms with Gasteiger partial charge in [-0.1, -0.05) is 158 Å². The second-order valence-corrected chi connectivity index (χ2v) is 14.9. The van der Waals surface area contributed by atoms with Crippen molar-refractivity contribution in [1.29, 1.82) is 0 Å². The lowest BCUT2D eigenvalue weighted by molar-refractivity contribution is 0.669. The van der Waals surface area contributed by atoms with Crippen molar-refractivity contribution < 1.29 is 4.42 Å². The summed E-state index contributed by atoms with van der Waals surface area (Å²) >= 11 is 0. The lowest BCUT2D eigenvalue weighted by atomic mass is 10.0. The van der Waals surface area contributed by atoms with Crippen LogP contribution in [0, 0.1) is 0 Å². The number of rotatable bonds is 5. The molecule has 0 radical (unpaired) electrons. The minimum Gasteiger partial charge on any atom is -0.456 e. The number of hydrogen-bond donors (Lipinski definition) is 0. The summed E-state index contributed by atoms with van der Waals surface area (Å²) in [6, 6.07) is 74.5. The number of furan rings is 1. The van der Waals surface area contributed by atoms with E-state index in [1.165, 1.54) is 49.3 Å². The SMILES string of the molecule is c1ccc(-c2cc(-n3c4ccccc4c4ccc(-c5ccc6c7ccccc7n(-c7ccccc7-c7ccccc7)c6c5)cc43)c3c(c2)oc2ccccc23)cc1. The molecule has 12 rings (SSSR count). The Bertz CT molecular complexity index is 3510. The molecule has 57 heavy (non-hydrogen) atoms. The van der Waals surface area contributed by atoms with Gasteiger partial charge in [-0.3, -0.25) is 0 Å². The highest BCUT2D eigenvalue weighted by Gasteiger charge is 2.21. The molecule has 0 spiro atoms. The van der Waals surface area contributed by atoms with Crippen molar-refractivity contribution in [3.8, 4) is 44.8 Å². The molecular weight excluding hydrogens is 693 g/mol. The van der Waals surface area contributed by atoms with Gasteiger partial charge in [-0.2, -0.15) is 0 Å². The first-order valence-electron chi connectivity index (χ1n) is 19.5. The topological polar surface area (TPSA) is 23.0 Å². The smallest absolute Gasteiger partial charge is 0.138 e. The van der Waals surface area contributed by atoms with Gasteiger partial charge in [0.05, 0.1) is 38.8 Å². The molecular formula is C54H34N2O. The van der Waals surface area contributed by atoms with Crippen LogP contribution in [0.5, 0.6) is 0 Å². The van der Waals surface area contributed by atoms with Crippen molar-refractivity contribution in [2.45, 2.75) is 0 Å². The third-order valence-corrected chi connectivity index (χ3v) is 11.7. The molecule has 3 heterocycles. The fourth-order valence-electron chi connectivity index (χ4n) is 9.16. The average molecular weight is 727 g/mol. The van der Waals surface area contributed by atoms with Crippen LogP contribution < -0.4 is 0 Å². The van der Waals surface area contributed by atoms with Gasteiger partial charge in [-0.25, -0.2) is 0 Å². The van der Waals surface area contributed by atoms with Crippen LogP contribution in [-0.4, -0.2) is 9.13 Å². The fraction of sp³-hybridized carbons (Fsp3) is 0. The number of nitrogens with zero attached hydrogens (tertiary/aromatic N) is 2. The normalized spacial score (nSPS) is 11.9. The monoisotopic (exact) mass is 726 g/mol. The molecule has 3 nitrogen and oxygen atoms in total. The number of hydrogen-bond acceptors (Lipinski definition) is 1. The van der Waals surface area contributed by atoms with E-state index in [4.69, 9.17) is 4.42 Å². The van der Waals surface area contributed by atoms with Crippen molar-refractivity contribution in [3.63, 3.8) is 0 Å². The molecule has 0 aliphatic heterocycles. The van der Waals surface area contributed by atoms with E-state index in [1.54, 1.807) is 0 Å². The van der Waals surface area contributed by atoms with E-state index in [-0.39, 0.29) is 0 Å². The molecule has 0 aliphatic rings. The Morgan fingerprint density at radius 3 is 1.46 bits per heavy atom. The summed E-state index contributed by atoms with van der Waals surface area (Å²) in [5, 5.41) is 7.14. The van der Waals surface area contributed by atoms with Gasteiger partial charge in [0, 0.05) is 32.5 Å². The quantitative estimate of drug-likeness (QED) is 0.173. The molecule has 0 bridgehead atoms. The molecule has 0 unspecified atom stereocenters. The zero-order valence-corrected chi connectivity index (χ0v) is 30.9. The van der Waals surface area contributed by atoms with E-state index in [1.807, 2.05) is 6.07 Å². The second-order valence-electron chi connectivity index (χ2n) is 14.9. The molecule has 3 aromatic heterocycles. The molecule has 0 fully saturated rings. The molecule has 12 aromatic rings. The predicted octanol–water partition coefficient (Wildman–Crippen LogP) is 14.8. The van der Waals surface area contributed by atoms with Gasteiger partial charge in [0.15, 0.2) is 0 Å². The van der Waals surface area contributed by atoms with Crippen LogP contribution in [-0.2, 0) is 0 Å². The van der Waals surface area contributed by atoms with Crippen molar-refractivity contribution in [1.82, 2.24) is 9.13 Å². The zero-order valence-electron chi connectivity index (χ0n) is 30.9. The van der Waals surface area contributed by atoms with E-state index in [0.29, 0.717) is 0 Å². The molecule has 0 saturated heterocycles. The van der Waals surface area contributed by atoms with Gasteiger partial charge in [0.2, 0.25) is 0 Å². The number of para-hydroxylation sites is 4. The Kier molecular flexibility index (Phi) is 6.93. The van der Waals surface area contributed by atoms with Crippen LogP contribution >= 0.6 is 0 Å². The van der Waals surface area contributed by atoms with E-state index >= 15 is 0 Å². The minimum absolute atomic E-state index is 0.878. The number of aromatic nitrogens is 2. The van der Waals surface area contributed by atoms with Crippen LogP contribution in [0.4, 0.5) is 0 Å². The highest BCUT2D eigenvalue weighted by molar-refractivity contribution is 6.16. The van der Waals surface area contributed by atoms with Gasteiger partial charge in [0.25, 0.3) is 0 Å². The third kappa shape index (κ3) is 4.86. The first-order valence-corrected chi connectivity index (χ1v) is 19.5. The van der Waals surface area contributed by atoms with Crippen molar-refractivity contribution in [2.75, 3.05) is 0 Å². The lowest BCUT2D eigenvalue weighted by Gasteiger charge is -2.15. The van der Waals surface area contributed by atoms with Gasteiger partial charge >= 0.3 is 0 Å². The summed E-state index contributed by atoms with van der Waals surface area (Å²) in [6.07, 6.45) is 0. The molecule has 0 aliphatic carbocycles. The second kappa shape index (κ2) is 12.5. The van der Waals surface area contributed by atoms with Crippen LogP contribution in [0.15, 0.2) is 211 Å². The third-order valence-electron chi connectivity index (χ3n) is 11.7. The Balaban J connectivity index is 1.13. The van der Waals surface area contributed by atoms with Crippen molar-refractivity contribution >= 4 is 65.6 Å². The van der Waals surface area contributed by atoms with E-state index in [9.17, 15) is 0 Å². The van der Waals surface area contributed by atoms with Crippen LogP contribution in [0.3, 0.4) is 0 Å². The summed E-state index contributed by atoms with van der Waals surface area (Å²) in [5.41, 5.74) is 15.7. The number of fused-ring (bicyclic) bond motifs is 9. The Labute approximate surface area is 328 Å².